The molecule has 0 saturated heterocycles. The quantitative estimate of drug-likeness (QED) is 0.133. The first-order valence-electron chi connectivity index (χ1n) is 34.9. The fourth-order valence-electron chi connectivity index (χ4n) is 14.1. The van der Waals surface area contributed by atoms with Gasteiger partial charge in [-0.25, -0.2) is 39.9 Å². The molecule has 0 bridgehead atoms. The highest BCUT2D eigenvalue weighted by Gasteiger charge is 2.19. The van der Waals surface area contributed by atoms with Crippen LogP contribution in [0.3, 0.4) is 0 Å². The number of para-hydroxylation sites is 4. The second-order valence-corrected chi connectivity index (χ2v) is 26.3. The van der Waals surface area contributed by atoms with Gasteiger partial charge in [0.2, 0.25) is 0 Å². The number of hydrogen-bond donors (Lipinski definition) is 0. The summed E-state index contributed by atoms with van der Waals surface area (Å²) in [5.74, 6) is 1.31. The first-order valence-corrected chi connectivity index (χ1v) is 34.9. The molecule has 0 fully saturated rings. The van der Waals surface area contributed by atoms with Crippen LogP contribution >= 0.6 is 0 Å². The average Bonchev–Trinajstić information content (AvgIpc) is 0.777. The molecule has 6 aromatic heterocycles. The third kappa shape index (κ3) is 12.1. The highest BCUT2D eigenvalue weighted by molar-refractivity contribution is 5.94. The van der Waals surface area contributed by atoms with E-state index in [1.807, 2.05) is 48.5 Å². The summed E-state index contributed by atoms with van der Waals surface area (Å²) < 4.78 is 0. The number of rotatable bonds is 10. The molecule has 0 radical (unpaired) electrons. The SMILES string of the molecule is c1ccc2cc(-c3cc(-c4cc(-c5ccc6ccccc6n5)cc(-c5ccc6ccccc6n5)c4)nc(-c4ccc5ccccc5c4)n3)ccc2c1.c1ccc2cc(-c3cc(-c4ccc5ccccc5c4)nc(-c4cc(-c5ccc6ccccc6n5)cc(-c5ccc6ccccc6n5)c4)n3)ccc2c1. The molecular weight excluding hydrogens is 1270 g/mol. The van der Waals surface area contributed by atoms with Crippen molar-refractivity contribution >= 4 is 86.7 Å². The van der Waals surface area contributed by atoms with E-state index in [0.29, 0.717) is 11.6 Å². The molecule has 14 aromatic carbocycles. The number of hydrogen-bond acceptors (Lipinski definition) is 8. The predicted molar refractivity (Wildman–Crippen MR) is 430 cm³/mol. The molecule has 104 heavy (non-hydrogen) atoms. The zero-order chi connectivity index (χ0) is 68.9. The first-order chi connectivity index (χ1) is 51.4. The summed E-state index contributed by atoms with van der Waals surface area (Å²) in [5.41, 5.74) is 20.6. The van der Waals surface area contributed by atoms with Gasteiger partial charge in [0.1, 0.15) is 0 Å². The Morgan fingerprint density at radius 2 is 0.327 bits per heavy atom. The molecule has 0 saturated carbocycles. The van der Waals surface area contributed by atoms with Crippen LogP contribution in [0.5, 0.6) is 0 Å². The van der Waals surface area contributed by atoms with Gasteiger partial charge < -0.3 is 0 Å². The van der Waals surface area contributed by atoms with Gasteiger partial charge in [-0.05, 0) is 164 Å². The number of aromatic nitrogens is 8. The van der Waals surface area contributed by atoms with E-state index >= 15 is 0 Å². The molecule has 0 atom stereocenters. The van der Waals surface area contributed by atoms with Crippen molar-refractivity contribution in [2.75, 3.05) is 0 Å². The van der Waals surface area contributed by atoms with Crippen molar-refractivity contribution in [3.05, 3.63) is 364 Å². The van der Waals surface area contributed by atoms with Gasteiger partial charge in [0.15, 0.2) is 11.6 Å². The third-order valence-electron chi connectivity index (χ3n) is 19.6. The average molecular weight is 1330 g/mol. The Morgan fingerprint density at radius 1 is 0.115 bits per heavy atom. The Hall–Kier alpha value is -14.1. The molecule has 8 heteroatoms. The highest BCUT2D eigenvalue weighted by Crippen LogP contribution is 2.39. The minimum Gasteiger partial charge on any atom is -0.248 e. The summed E-state index contributed by atoms with van der Waals surface area (Å²) in [4.78, 5) is 41.4. The van der Waals surface area contributed by atoms with Crippen LogP contribution in [-0.4, -0.2) is 39.9 Å². The summed E-state index contributed by atoms with van der Waals surface area (Å²) in [6.45, 7) is 0. The zero-order valence-electron chi connectivity index (χ0n) is 56.2. The van der Waals surface area contributed by atoms with Gasteiger partial charge >= 0.3 is 0 Å². The summed E-state index contributed by atoms with van der Waals surface area (Å²) in [5, 5.41) is 13.8. The standard InChI is InChI=1S/2C48H30N4/c1-3-13-35-25-37(19-17-31(35)9-1)46-30-47(52-48(51-46)38-20-18-32-10-2-4-14-36(32)26-38)41-28-39(44-23-21-33-11-5-7-15-42(33)49-44)27-40(29-41)45-24-22-34-12-6-8-16-43(34)50-45;1-3-13-35-25-37(19-17-31(35)9-1)46-30-47(38-20-18-32-10-2-4-14-36(32)26-38)52-48(51-46)41-28-39(44-23-21-33-11-5-7-15-42(33)49-44)27-40(29-41)45-24-22-34-12-6-8-16-43(34)50-45/h2*1-30H. The molecule has 0 spiro atoms. The molecule has 20 aromatic rings. The van der Waals surface area contributed by atoms with Gasteiger partial charge in [-0.15, -0.1) is 0 Å². The first kappa shape index (κ1) is 61.0. The molecule has 0 aliphatic carbocycles. The monoisotopic (exact) mass is 1320 g/mol. The molecule has 484 valence electrons. The third-order valence-corrected chi connectivity index (χ3v) is 19.6. The van der Waals surface area contributed by atoms with Crippen molar-refractivity contribution in [1.82, 2.24) is 39.9 Å². The molecule has 0 N–H and O–H groups in total. The summed E-state index contributed by atoms with van der Waals surface area (Å²) in [6.07, 6.45) is 0. The van der Waals surface area contributed by atoms with Crippen LogP contribution in [0.25, 0.3) is 200 Å². The fourth-order valence-corrected chi connectivity index (χ4v) is 14.1. The Balaban J connectivity index is 0.000000143. The Morgan fingerprint density at radius 3 is 0.635 bits per heavy atom. The molecule has 0 aliphatic rings. The lowest BCUT2D eigenvalue weighted by atomic mass is 9.97. The van der Waals surface area contributed by atoms with Gasteiger partial charge in [0, 0.05) is 77.2 Å². The Bertz CT molecular complexity index is 5580. The van der Waals surface area contributed by atoms with E-state index in [2.05, 4.69) is 315 Å². The van der Waals surface area contributed by atoms with Crippen molar-refractivity contribution in [3.8, 4) is 113 Å². The Kier molecular flexibility index (Phi) is 15.4. The van der Waals surface area contributed by atoms with Crippen LogP contribution in [0.15, 0.2) is 364 Å². The van der Waals surface area contributed by atoms with Crippen LogP contribution in [0.1, 0.15) is 0 Å². The van der Waals surface area contributed by atoms with E-state index in [1.165, 1.54) is 37.7 Å². The summed E-state index contributed by atoms with van der Waals surface area (Å²) in [6, 6.07) is 127. The van der Waals surface area contributed by atoms with Gasteiger partial charge in [-0.1, -0.05) is 243 Å². The maximum absolute atomic E-state index is 5.29. The van der Waals surface area contributed by atoms with Crippen molar-refractivity contribution < 1.29 is 0 Å². The molecular formula is C96H60N8. The number of pyridine rings is 4. The van der Waals surface area contributed by atoms with E-state index in [4.69, 9.17) is 39.9 Å². The van der Waals surface area contributed by atoms with E-state index in [9.17, 15) is 0 Å². The summed E-state index contributed by atoms with van der Waals surface area (Å²) in [7, 11) is 0. The molecule has 6 heterocycles. The van der Waals surface area contributed by atoms with Gasteiger partial charge in [0.25, 0.3) is 0 Å². The second kappa shape index (κ2) is 26.2. The van der Waals surface area contributed by atoms with Crippen LogP contribution < -0.4 is 0 Å². The normalized spacial score (nSPS) is 11.5. The molecule has 8 nitrogen and oxygen atoms in total. The maximum atomic E-state index is 5.29. The minimum absolute atomic E-state index is 0.637. The van der Waals surface area contributed by atoms with Crippen LogP contribution in [0.4, 0.5) is 0 Å². The van der Waals surface area contributed by atoms with E-state index in [-0.39, 0.29) is 0 Å². The lowest BCUT2D eigenvalue weighted by molar-refractivity contribution is 1.18. The lowest BCUT2D eigenvalue weighted by Crippen LogP contribution is -1.97. The smallest absolute Gasteiger partial charge is 0.160 e. The minimum atomic E-state index is 0.637. The van der Waals surface area contributed by atoms with Crippen LogP contribution in [-0.2, 0) is 0 Å². The number of benzene rings is 14. The molecule has 0 unspecified atom stereocenters. The maximum Gasteiger partial charge on any atom is 0.160 e. The van der Waals surface area contributed by atoms with Crippen molar-refractivity contribution in [3.63, 3.8) is 0 Å². The largest absolute Gasteiger partial charge is 0.248 e. The Labute approximate surface area is 599 Å². The fraction of sp³-hybridized carbons (Fsp3) is 0. The van der Waals surface area contributed by atoms with E-state index in [1.54, 1.807) is 0 Å². The molecule has 20 rings (SSSR count). The predicted octanol–water partition coefficient (Wildman–Crippen LogP) is 24.4. The number of nitrogens with zero attached hydrogens (tertiary/aromatic N) is 8. The van der Waals surface area contributed by atoms with Gasteiger partial charge in [-0.2, -0.15) is 0 Å². The van der Waals surface area contributed by atoms with Crippen LogP contribution in [0, 0.1) is 0 Å². The number of fused-ring (bicyclic) bond motifs is 8. The van der Waals surface area contributed by atoms with E-state index in [0.717, 1.165) is 150 Å². The second-order valence-electron chi connectivity index (χ2n) is 26.3. The molecule has 0 amide bonds. The van der Waals surface area contributed by atoms with Crippen molar-refractivity contribution in [2.45, 2.75) is 0 Å². The summed E-state index contributed by atoms with van der Waals surface area (Å²) >= 11 is 0. The topological polar surface area (TPSA) is 103 Å². The zero-order valence-corrected chi connectivity index (χ0v) is 56.2. The van der Waals surface area contributed by atoms with Crippen molar-refractivity contribution in [1.29, 1.82) is 0 Å². The van der Waals surface area contributed by atoms with E-state index < -0.39 is 0 Å². The van der Waals surface area contributed by atoms with Gasteiger partial charge in [-0.3, -0.25) is 0 Å². The van der Waals surface area contributed by atoms with Crippen LogP contribution in [0.2, 0.25) is 0 Å². The van der Waals surface area contributed by atoms with Crippen molar-refractivity contribution in [2.24, 2.45) is 0 Å². The lowest BCUT2D eigenvalue weighted by Gasteiger charge is -2.14. The van der Waals surface area contributed by atoms with Gasteiger partial charge in [0.05, 0.1) is 67.6 Å². The highest BCUT2D eigenvalue weighted by atomic mass is 14.9. The molecule has 0 aliphatic heterocycles.